The highest BCUT2D eigenvalue weighted by molar-refractivity contribution is 14.1. The van der Waals surface area contributed by atoms with Gasteiger partial charge in [-0.25, -0.2) is 0 Å². The fraction of sp³-hybridized carbons (Fsp3) is 0.400. The Kier molecular flexibility index (Phi) is 4.64. The van der Waals surface area contributed by atoms with Crippen LogP contribution in [0.2, 0.25) is 0 Å². The minimum absolute atomic E-state index is 0.0573. The molecule has 1 atom stereocenters. The van der Waals surface area contributed by atoms with Gasteiger partial charge >= 0.3 is 0 Å². The molecule has 0 saturated carbocycles. The van der Waals surface area contributed by atoms with Crippen molar-refractivity contribution in [2.75, 3.05) is 6.61 Å². The Morgan fingerprint density at radius 3 is 2.71 bits per heavy atom. The predicted molar refractivity (Wildman–Crippen MR) is 62.1 cm³/mol. The highest BCUT2D eigenvalue weighted by Gasteiger charge is 2.11. The van der Waals surface area contributed by atoms with Crippen LogP contribution in [0.5, 0.6) is 5.75 Å². The van der Waals surface area contributed by atoms with Crippen LogP contribution in [0.15, 0.2) is 18.2 Å². The fourth-order valence-electron chi connectivity index (χ4n) is 1.23. The van der Waals surface area contributed by atoms with Crippen molar-refractivity contribution < 1.29 is 15.3 Å². The molecular weight excluding hydrogens is 295 g/mol. The molecule has 0 unspecified atom stereocenters. The number of aliphatic hydroxyl groups is 2. The first-order chi connectivity index (χ1) is 6.65. The molecule has 0 fully saturated rings. The molecule has 14 heavy (non-hydrogen) atoms. The van der Waals surface area contributed by atoms with E-state index in [1.807, 2.05) is 0 Å². The quantitative estimate of drug-likeness (QED) is 0.743. The van der Waals surface area contributed by atoms with Crippen LogP contribution in [-0.4, -0.2) is 21.9 Å². The van der Waals surface area contributed by atoms with E-state index in [0.29, 0.717) is 18.4 Å². The zero-order chi connectivity index (χ0) is 10.6. The Hall–Kier alpha value is -0.330. The van der Waals surface area contributed by atoms with Crippen LogP contribution in [0, 0.1) is 3.57 Å². The molecule has 1 aromatic carbocycles. The third kappa shape index (κ3) is 3.11. The lowest BCUT2D eigenvalue weighted by Gasteiger charge is -2.12. The molecule has 0 aromatic heterocycles. The van der Waals surface area contributed by atoms with Crippen molar-refractivity contribution in [2.45, 2.75) is 18.9 Å². The van der Waals surface area contributed by atoms with Crippen LogP contribution >= 0.6 is 22.6 Å². The lowest BCUT2D eigenvalue weighted by molar-refractivity contribution is 0.148. The number of benzene rings is 1. The number of phenolic OH excluding ortho intramolecular Hbond substituents is 1. The normalized spacial score (nSPS) is 12.8. The Morgan fingerprint density at radius 1 is 1.36 bits per heavy atom. The summed E-state index contributed by atoms with van der Waals surface area (Å²) in [6.45, 7) is 0.0573. The minimum Gasteiger partial charge on any atom is -0.508 e. The first-order valence-electron chi connectivity index (χ1n) is 4.42. The van der Waals surface area contributed by atoms with Gasteiger partial charge in [0.2, 0.25) is 0 Å². The number of phenols is 1. The summed E-state index contributed by atoms with van der Waals surface area (Å²) in [6, 6.07) is 5.09. The molecule has 1 rings (SSSR count). The maximum absolute atomic E-state index is 9.68. The molecule has 0 bridgehead atoms. The summed E-state index contributed by atoms with van der Waals surface area (Å²) in [5.41, 5.74) is 0.533. The van der Waals surface area contributed by atoms with Crippen LogP contribution in [0.1, 0.15) is 24.5 Å². The zero-order valence-corrected chi connectivity index (χ0v) is 9.81. The van der Waals surface area contributed by atoms with Gasteiger partial charge in [-0.15, -0.1) is 0 Å². The SMILES string of the molecule is OCCC[C@H](O)c1cc(I)ccc1O. The molecule has 3 N–H and O–H groups in total. The average Bonchev–Trinajstić information content (AvgIpc) is 2.18. The third-order valence-corrected chi connectivity index (χ3v) is 2.66. The molecule has 1 aromatic rings. The van der Waals surface area contributed by atoms with Crippen molar-refractivity contribution in [3.8, 4) is 5.75 Å². The molecule has 0 amide bonds. The molecule has 0 saturated heterocycles. The van der Waals surface area contributed by atoms with Gasteiger partial charge in [-0.05, 0) is 53.6 Å². The van der Waals surface area contributed by atoms with E-state index in [2.05, 4.69) is 22.6 Å². The minimum atomic E-state index is -0.697. The lowest BCUT2D eigenvalue weighted by Crippen LogP contribution is -1.99. The summed E-state index contributed by atoms with van der Waals surface area (Å²) in [5.74, 6) is 0.107. The molecule has 3 nitrogen and oxygen atoms in total. The summed E-state index contributed by atoms with van der Waals surface area (Å²) in [5, 5.41) is 27.8. The van der Waals surface area contributed by atoms with E-state index >= 15 is 0 Å². The Morgan fingerprint density at radius 2 is 2.07 bits per heavy atom. The Bertz CT molecular complexity index is 301. The van der Waals surface area contributed by atoms with Crippen LogP contribution in [0.3, 0.4) is 0 Å². The van der Waals surface area contributed by atoms with E-state index in [9.17, 15) is 10.2 Å². The average molecular weight is 308 g/mol. The molecule has 0 spiro atoms. The highest BCUT2D eigenvalue weighted by atomic mass is 127. The first-order valence-corrected chi connectivity index (χ1v) is 5.50. The van der Waals surface area contributed by atoms with Crippen molar-refractivity contribution >= 4 is 22.6 Å². The van der Waals surface area contributed by atoms with E-state index in [0.717, 1.165) is 3.57 Å². The Balaban J connectivity index is 2.77. The van der Waals surface area contributed by atoms with E-state index in [4.69, 9.17) is 5.11 Å². The van der Waals surface area contributed by atoms with Crippen LogP contribution < -0.4 is 0 Å². The number of aliphatic hydroxyl groups excluding tert-OH is 2. The molecule has 0 aliphatic carbocycles. The predicted octanol–water partition coefficient (Wildman–Crippen LogP) is 1.80. The third-order valence-electron chi connectivity index (χ3n) is 1.98. The standard InChI is InChI=1S/C10H13IO3/c11-7-3-4-10(14)8(6-7)9(13)2-1-5-12/h3-4,6,9,12-14H,1-2,5H2/t9-/m0/s1. The largest absolute Gasteiger partial charge is 0.508 e. The summed E-state index contributed by atoms with van der Waals surface area (Å²) in [4.78, 5) is 0. The van der Waals surface area contributed by atoms with E-state index in [1.165, 1.54) is 0 Å². The van der Waals surface area contributed by atoms with E-state index in [-0.39, 0.29) is 12.4 Å². The Labute approximate surface area is 96.5 Å². The molecule has 0 aliphatic heterocycles. The first kappa shape index (κ1) is 11.7. The van der Waals surface area contributed by atoms with Gasteiger partial charge in [0.05, 0.1) is 6.10 Å². The van der Waals surface area contributed by atoms with Gasteiger partial charge in [-0.3, -0.25) is 0 Å². The van der Waals surface area contributed by atoms with Crippen molar-refractivity contribution in [1.82, 2.24) is 0 Å². The van der Waals surface area contributed by atoms with Crippen molar-refractivity contribution in [1.29, 1.82) is 0 Å². The maximum Gasteiger partial charge on any atom is 0.121 e. The van der Waals surface area contributed by atoms with Gasteiger partial charge in [0, 0.05) is 15.7 Å². The van der Waals surface area contributed by atoms with E-state index in [1.54, 1.807) is 18.2 Å². The van der Waals surface area contributed by atoms with Gasteiger partial charge in [0.1, 0.15) is 5.75 Å². The number of rotatable bonds is 4. The maximum atomic E-state index is 9.68. The van der Waals surface area contributed by atoms with Gasteiger partial charge in [0.15, 0.2) is 0 Å². The van der Waals surface area contributed by atoms with Gasteiger partial charge in [0.25, 0.3) is 0 Å². The van der Waals surface area contributed by atoms with Gasteiger partial charge < -0.3 is 15.3 Å². The highest BCUT2D eigenvalue weighted by Crippen LogP contribution is 2.28. The summed E-state index contributed by atoms with van der Waals surface area (Å²) >= 11 is 2.12. The molecule has 78 valence electrons. The topological polar surface area (TPSA) is 60.7 Å². The lowest BCUT2D eigenvalue weighted by atomic mass is 10.0. The number of aromatic hydroxyl groups is 1. The van der Waals surface area contributed by atoms with Gasteiger partial charge in [-0.2, -0.15) is 0 Å². The summed E-state index contributed by atoms with van der Waals surface area (Å²) in [7, 11) is 0. The number of hydrogen-bond donors (Lipinski definition) is 3. The molecule has 0 radical (unpaired) electrons. The fourth-order valence-corrected chi connectivity index (χ4v) is 1.75. The molecule has 0 heterocycles. The zero-order valence-electron chi connectivity index (χ0n) is 7.65. The second-order valence-corrected chi connectivity index (χ2v) is 4.33. The number of halogens is 1. The molecule has 4 heteroatoms. The van der Waals surface area contributed by atoms with Crippen LogP contribution in [0.4, 0.5) is 0 Å². The smallest absolute Gasteiger partial charge is 0.121 e. The van der Waals surface area contributed by atoms with Crippen molar-refractivity contribution in [2.24, 2.45) is 0 Å². The van der Waals surface area contributed by atoms with Crippen molar-refractivity contribution in [3.05, 3.63) is 27.3 Å². The van der Waals surface area contributed by atoms with E-state index < -0.39 is 6.10 Å². The molecular formula is C10H13IO3. The summed E-state index contributed by atoms with van der Waals surface area (Å²) < 4.78 is 0.971. The second-order valence-electron chi connectivity index (χ2n) is 3.08. The molecule has 0 aliphatic rings. The van der Waals surface area contributed by atoms with Crippen LogP contribution in [-0.2, 0) is 0 Å². The second kappa shape index (κ2) is 5.53. The monoisotopic (exact) mass is 308 g/mol. The number of hydrogen-bond acceptors (Lipinski definition) is 3. The van der Waals surface area contributed by atoms with Crippen molar-refractivity contribution in [3.63, 3.8) is 0 Å². The van der Waals surface area contributed by atoms with Gasteiger partial charge in [-0.1, -0.05) is 0 Å². The summed E-state index contributed by atoms with van der Waals surface area (Å²) in [6.07, 6.45) is 0.299. The van der Waals surface area contributed by atoms with Crippen LogP contribution in [0.25, 0.3) is 0 Å².